The van der Waals surface area contributed by atoms with Crippen molar-refractivity contribution >= 4 is 0 Å². The largest absolute Gasteiger partial charge is 0.0625 e. The van der Waals surface area contributed by atoms with E-state index >= 15 is 0 Å². The van der Waals surface area contributed by atoms with Gasteiger partial charge >= 0.3 is 0 Å². The van der Waals surface area contributed by atoms with Crippen LogP contribution in [0, 0.1) is 19.8 Å². The van der Waals surface area contributed by atoms with E-state index in [9.17, 15) is 0 Å². The van der Waals surface area contributed by atoms with Crippen LogP contribution in [0.2, 0.25) is 0 Å². The summed E-state index contributed by atoms with van der Waals surface area (Å²) in [5.74, 6) is 0.602. The van der Waals surface area contributed by atoms with Crippen LogP contribution >= 0.6 is 0 Å². The summed E-state index contributed by atoms with van der Waals surface area (Å²) >= 11 is 0. The number of rotatable bonds is 2. The van der Waals surface area contributed by atoms with Gasteiger partial charge in [0.05, 0.1) is 0 Å². The Morgan fingerprint density at radius 2 is 2.33 bits per heavy atom. The maximum atomic E-state index is 5.24. The second kappa shape index (κ2) is 3.20. The molecule has 0 aliphatic carbocycles. The molecular formula is C6H11. The minimum absolute atomic E-state index is 0.602. The SMILES string of the molecule is [CH]CC(C)C[CH2]. The summed E-state index contributed by atoms with van der Waals surface area (Å²) in [5.41, 5.74) is 0. The zero-order chi connectivity index (χ0) is 4.99. The highest BCUT2D eigenvalue weighted by atomic mass is 13.9. The van der Waals surface area contributed by atoms with E-state index < -0.39 is 0 Å². The first-order valence-electron chi connectivity index (χ1n) is 2.30. The molecule has 0 amide bonds. The standard InChI is InChI=1S/C6H11/c1-4-6(3)5-2/h1,6H,2,4-5H2,3H3. The van der Waals surface area contributed by atoms with Gasteiger partial charge in [-0.05, 0) is 19.3 Å². The average molecular weight is 83.2 g/mol. The third-order valence-electron chi connectivity index (χ3n) is 0.895. The van der Waals surface area contributed by atoms with Gasteiger partial charge in [-0.25, -0.2) is 0 Å². The molecule has 0 saturated heterocycles. The van der Waals surface area contributed by atoms with Crippen molar-refractivity contribution in [3.05, 3.63) is 13.8 Å². The Labute approximate surface area is 40.6 Å². The van der Waals surface area contributed by atoms with Gasteiger partial charge in [-0.15, -0.1) is 0 Å². The van der Waals surface area contributed by atoms with E-state index in [2.05, 4.69) is 13.8 Å². The topological polar surface area (TPSA) is 0 Å². The first kappa shape index (κ1) is 6.00. The normalized spacial score (nSPS) is 10.0. The van der Waals surface area contributed by atoms with Gasteiger partial charge < -0.3 is 0 Å². The number of hydrogen-bond donors (Lipinski definition) is 0. The van der Waals surface area contributed by atoms with Crippen molar-refractivity contribution in [3.8, 4) is 0 Å². The Morgan fingerprint density at radius 3 is 2.33 bits per heavy atom. The lowest BCUT2D eigenvalue weighted by Crippen LogP contribution is -1.85. The molecule has 6 heavy (non-hydrogen) atoms. The monoisotopic (exact) mass is 83.1 g/mol. The predicted molar refractivity (Wildman–Crippen MR) is 28.1 cm³/mol. The van der Waals surface area contributed by atoms with Crippen LogP contribution in [-0.2, 0) is 0 Å². The van der Waals surface area contributed by atoms with Crippen LogP contribution in [0.5, 0.6) is 0 Å². The minimum atomic E-state index is 0.602. The van der Waals surface area contributed by atoms with Gasteiger partial charge in [0, 0.05) is 0 Å². The lowest BCUT2D eigenvalue weighted by molar-refractivity contribution is 0.599. The highest BCUT2D eigenvalue weighted by Crippen LogP contribution is 2.02. The third-order valence-corrected chi connectivity index (χ3v) is 0.895. The molecule has 0 aliphatic rings. The lowest BCUT2D eigenvalue weighted by atomic mass is 10.1. The summed E-state index contributed by atoms with van der Waals surface area (Å²) in [6.45, 7) is 11.0. The molecule has 0 rings (SSSR count). The molecule has 0 spiro atoms. The van der Waals surface area contributed by atoms with Gasteiger partial charge in [0.15, 0.2) is 0 Å². The van der Waals surface area contributed by atoms with Crippen LogP contribution in [0.15, 0.2) is 0 Å². The summed E-state index contributed by atoms with van der Waals surface area (Å²) in [6, 6.07) is 0. The van der Waals surface area contributed by atoms with Crippen LogP contribution < -0.4 is 0 Å². The molecule has 0 heteroatoms. The fourth-order valence-corrected chi connectivity index (χ4v) is 0.118. The fraction of sp³-hybridized carbons (Fsp3) is 0.667. The average Bonchev–Trinajstić information content (AvgIpc) is 1.65. The molecular weight excluding hydrogens is 72.1 g/mol. The van der Waals surface area contributed by atoms with E-state index in [-0.39, 0.29) is 0 Å². The molecule has 0 fully saturated rings. The van der Waals surface area contributed by atoms with E-state index in [4.69, 9.17) is 6.92 Å². The maximum Gasteiger partial charge on any atom is -0.0349 e. The fourth-order valence-electron chi connectivity index (χ4n) is 0.118. The second-order valence-electron chi connectivity index (χ2n) is 1.63. The zero-order valence-corrected chi connectivity index (χ0v) is 4.28. The maximum absolute atomic E-state index is 5.24. The highest BCUT2D eigenvalue weighted by Gasteiger charge is 1.89. The van der Waals surface area contributed by atoms with E-state index in [0.29, 0.717) is 5.92 Å². The van der Waals surface area contributed by atoms with Gasteiger partial charge in [0.1, 0.15) is 0 Å². The Hall–Kier alpha value is 0. The van der Waals surface area contributed by atoms with Crippen LogP contribution in [0.4, 0.5) is 0 Å². The molecule has 0 bridgehead atoms. The second-order valence-corrected chi connectivity index (χ2v) is 1.63. The molecule has 0 aromatic carbocycles. The molecule has 0 N–H and O–H groups in total. The molecule has 0 saturated carbocycles. The molecule has 0 aromatic rings. The van der Waals surface area contributed by atoms with Crippen LogP contribution in [0.25, 0.3) is 0 Å². The van der Waals surface area contributed by atoms with Crippen molar-refractivity contribution in [2.75, 3.05) is 0 Å². The van der Waals surface area contributed by atoms with Gasteiger partial charge in [0.25, 0.3) is 0 Å². The Bertz CT molecular complexity index is 19.2. The Balaban J connectivity index is 2.75. The molecule has 3 radical (unpaired) electrons. The van der Waals surface area contributed by atoms with Gasteiger partial charge in [-0.1, -0.05) is 20.3 Å². The van der Waals surface area contributed by atoms with Gasteiger partial charge in [0.2, 0.25) is 0 Å². The molecule has 0 aliphatic heterocycles. The summed E-state index contributed by atoms with van der Waals surface area (Å²) in [6.07, 6.45) is 1.72. The number of hydrogen-bond acceptors (Lipinski definition) is 0. The first-order chi connectivity index (χ1) is 2.81. The highest BCUT2D eigenvalue weighted by molar-refractivity contribution is 4.53. The van der Waals surface area contributed by atoms with Gasteiger partial charge in [-0.3, -0.25) is 0 Å². The molecule has 35 valence electrons. The smallest absolute Gasteiger partial charge is 0.0349 e. The summed E-state index contributed by atoms with van der Waals surface area (Å²) < 4.78 is 0. The zero-order valence-electron chi connectivity index (χ0n) is 4.28. The molecule has 1 unspecified atom stereocenters. The van der Waals surface area contributed by atoms with Crippen molar-refractivity contribution in [1.82, 2.24) is 0 Å². The van der Waals surface area contributed by atoms with Crippen molar-refractivity contribution < 1.29 is 0 Å². The van der Waals surface area contributed by atoms with Crippen LogP contribution in [0.1, 0.15) is 19.8 Å². The third kappa shape index (κ3) is 2.25. The molecule has 1 atom stereocenters. The van der Waals surface area contributed by atoms with E-state index in [1.54, 1.807) is 0 Å². The van der Waals surface area contributed by atoms with E-state index in [1.807, 2.05) is 0 Å². The Kier molecular flexibility index (Phi) is 3.20. The quantitative estimate of drug-likeness (QED) is 0.478. The van der Waals surface area contributed by atoms with E-state index in [0.717, 1.165) is 12.8 Å². The van der Waals surface area contributed by atoms with Crippen molar-refractivity contribution in [2.24, 2.45) is 5.92 Å². The van der Waals surface area contributed by atoms with Crippen LogP contribution in [-0.4, -0.2) is 0 Å². The van der Waals surface area contributed by atoms with Crippen LogP contribution in [0.3, 0.4) is 0 Å². The minimum Gasteiger partial charge on any atom is -0.0625 e. The van der Waals surface area contributed by atoms with Gasteiger partial charge in [-0.2, -0.15) is 0 Å². The predicted octanol–water partition coefficient (Wildman–Crippen LogP) is 1.95. The molecule has 0 heterocycles. The lowest BCUT2D eigenvalue weighted by Gasteiger charge is -1.98. The molecule has 0 aromatic heterocycles. The first-order valence-corrected chi connectivity index (χ1v) is 2.30. The Morgan fingerprint density at radius 1 is 1.83 bits per heavy atom. The molecule has 0 nitrogen and oxygen atoms in total. The van der Waals surface area contributed by atoms with Crippen molar-refractivity contribution in [2.45, 2.75) is 19.8 Å². The van der Waals surface area contributed by atoms with E-state index in [1.165, 1.54) is 0 Å². The summed E-state index contributed by atoms with van der Waals surface area (Å²) in [7, 11) is 0. The summed E-state index contributed by atoms with van der Waals surface area (Å²) in [4.78, 5) is 0. The van der Waals surface area contributed by atoms with Crippen molar-refractivity contribution in [1.29, 1.82) is 0 Å². The summed E-state index contributed by atoms with van der Waals surface area (Å²) in [5, 5.41) is 0. The van der Waals surface area contributed by atoms with Crippen molar-refractivity contribution in [3.63, 3.8) is 0 Å².